The fourth-order valence-electron chi connectivity index (χ4n) is 5.82. The number of ether oxygens (including phenoxy) is 2. The van der Waals surface area contributed by atoms with E-state index in [9.17, 15) is 27.9 Å². The van der Waals surface area contributed by atoms with Crippen LogP contribution in [0.1, 0.15) is 56.8 Å². The van der Waals surface area contributed by atoms with Gasteiger partial charge < -0.3 is 14.6 Å². The van der Waals surface area contributed by atoms with Crippen molar-refractivity contribution in [3.05, 3.63) is 112 Å². The summed E-state index contributed by atoms with van der Waals surface area (Å²) in [5, 5.41) is 9.39. The van der Waals surface area contributed by atoms with E-state index in [4.69, 9.17) is 9.47 Å². The summed E-state index contributed by atoms with van der Waals surface area (Å²) in [6.07, 6.45) is -5.81. The van der Waals surface area contributed by atoms with Gasteiger partial charge in [-0.15, -0.1) is 0 Å². The van der Waals surface area contributed by atoms with Crippen molar-refractivity contribution in [2.24, 2.45) is 0 Å². The van der Waals surface area contributed by atoms with Crippen molar-refractivity contribution in [3.63, 3.8) is 0 Å². The van der Waals surface area contributed by atoms with Gasteiger partial charge in [0.2, 0.25) is 0 Å². The molecule has 44 heavy (non-hydrogen) atoms. The van der Waals surface area contributed by atoms with Gasteiger partial charge in [0.15, 0.2) is 0 Å². The zero-order valence-corrected chi connectivity index (χ0v) is 25.0. The minimum atomic E-state index is -4.50. The molecule has 0 bridgehead atoms. The normalized spacial score (nSPS) is 16.6. The molecule has 1 saturated heterocycles. The van der Waals surface area contributed by atoms with Crippen LogP contribution in [0.15, 0.2) is 72.8 Å². The summed E-state index contributed by atoms with van der Waals surface area (Å²) in [6.45, 7) is 7.16. The van der Waals surface area contributed by atoms with Crippen molar-refractivity contribution < 1.29 is 37.3 Å². The van der Waals surface area contributed by atoms with E-state index in [0.717, 1.165) is 51.1 Å². The molecule has 1 aliphatic heterocycles. The lowest BCUT2D eigenvalue weighted by molar-refractivity contribution is -0.137. The van der Waals surface area contributed by atoms with E-state index in [2.05, 4.69) is 0 Å². The molecular formula is C35H32F3NO5. The molecule has 4 aromatic carbocycles. The molecule has 5 rings (SSSR count). The Morgan fingerprint density at radius 1 is 0.909 bits per heavy atom. The number of hydrogen-bond donors (Lipinski definition) is 1. The van der Waals surface area contributed by atoms with Crippen molar-refractivity contribution >= 4 is 12.1 Å². The van der Waals surface area contributed by atoms with Gasteiger partial charge in [-0.2, -0.15) is 13.2 Å². The zero-order chi connectivity index (χ0) is 31.9. The summed E-state index contributed by atoms with van der Waals surface area (Å²) >= 11 is 0. The third-order valence-corrected chi connectivity index (χ3v) is 8.00. The Morgan fingerprint density at radius 3 is 2.30 bits per heavy atom. The third-order valence-electron chi connectivity index (χ3n) is 8.00. The number of carboxylic acids is 1. The minimum Gasteiger partial charge on any atom is -0.496 e. The summed E-state index contributed by atoms with van der Waals surface area (Å²) in [5.74, 6) is -0.413. The van der Waals surface area contributed by atoms with Crippen LogP contribution in [0.3, 0.4) is 0 Å². The van der Waals surface area contributed by atoms with E-state index in [-0.39, 0.29) is 12.1 Å². The predicted octanol–water partition coefficient (Wildman–Crippen LogP) is 8.75. The smallest absolute Gasteiger partial charge is 0.416 e. The number of halogens is 3. The van der Waals surface area contributed by atoms with Crippen LogP contribution in [0.25, 0.3) is 22.3 Å². The van der Waals surface area contributed by atoms with Crippen LogP contribution >= 0.6 is 0 Å². The van der Waals surface area contributed by atoms with Gasteiger partial charge in [0, 0.05) is 17.7 Å². The number of carboxylic acid groups (broad SMARTS) is 1. The largest absolute Gasteiger partial charge is 0.496 e. The van der Waals surface area contributed by atoms with Crippen molar-refractivity contribution in [3.8, 4) is 28.0 Å². The number of cyclic esters (lactones) is 1. The lowest BCUT2D eigenvalue weighted by Gasteiger charge is -2.24. The standard InChI is InChI=1S/C35H32F3NO5/c1-19-6-9-28(29-17-24(8-11-31(29)43-5)27-10-7-25(33(40)41)15-21(27)3)30(14-19)32-22(4)39(34(42)44-32)18-23-12-20(2)13-26(16-23)35(36,37)38/h6-17,22,32H,18H2,1-5H3,(H,40,41)/t22-,32?/m1/s1. The van der Waals surface area contributed by atoms with E-state index in [1.54, 1.807) is 38.3 Å². The molecule has 0 aliphatic carbocycles. The van der Waals surface area contributed by atoms with E-state index in [1.807, 2.05) is 57.2 Å². The minimum absolute atomic E-state index is 0.0349. The first-order chi connectivity index (χ1) is 20.8. The Kier molecular flexibility index (Phi) is 8.16. The van der Waals surface area contributed by atoms with Gasteiger partial charge in [0.1, 0.15) is 11.9 Å². The molecule has 4 aromatic rings. The van der Waals surface area contributed by atoms with Gasteiger partial charge in [0.25, 0.3) is 0 Å². The second-order valence-corrected chi connectivity index (χ2v) is 11.2. The molecule has 1 heterocycles. The first kappa shape index (κ1) is 30.7. The molecule has 2 atom stereocenters. The van der Waals surface area contributed by atoms with Gasteiger partial charge in [-0.1, -0.05) is 47.5 Å². The molecule has 0 radical (unpaired) electrons. The molecule has 6 nitrogen and oxygen atoms in total. The Labute approximate surface area is 253 Å². The van der Waals surface area contributed by atoms with Gasteiger partial charge >= 0.3 is 18.2 Å². The predicted molar refractivity (Wildman–Crippen MR) is 161 cm³/mol. The van der Waals surface area contributed by atoms with Crippen LogP contribution in [-0.2, 0) is 17.5 Å². The fraction of sp³-hybridized carbons (Fsp3) is 0.257. The Morgan fingerprint density at radius 2 is 1.64 bits per heavy atom. The zero-order valence-electron chi connectivity index (χ0n) is 25.0. The number of carbonyl (C=O) groups excluding carboxylic acids is 1. The molecule has 1 unspecified atom stereocenters. The topological polar surface area (TPSA) is 76.1 Å². The second kappa shape index (κ2) is 11.7. The maximum atomic E-state index is 13.5. The number of rotatable bonds is 7. The van der Waals surface area contributed by atoms with Crippen LogP contribution in [0.2, 0.25) is 0 Å². The summed E-state index contributed by atoms with van der Waals surface area (Å²) in [4.78, 5) is 26.1. The molecule has 1 aliphatic rings. The molecule has 0 saturated carbocycles. The number of aromatic carboxylic acids is 1. The summed E-state index contributed by atoms with van der Waals surface area (Å²) in [5.41, 5.74) is 5.95. The van der Waals surface area contributed by atoms with Crippen LogP contribution in [-0.4, -0.2) is 35.2 Å². The van der Waals surface area contributed by atoms with Crippen LogP contribution in [0, 0.1) is 20.8 Å². The molecular weight excluding hydrogens is 571 g/mol. The summed E-state index contributed by atoms with van der Waals surface area (Å²) in [6, 6.07) is 19.8. The van der Waals surface area contributed by atoms with E-state index in [0.29, 0.717) is 16.9 Å². The quantitative estimate of drug-likeness (QED) is 0.229. The molecule has 0 aromatic heterocycles. The molecule has 228 valence electrons. The first-order valence-electron chi connectivity index (χ1n) is 14.0. The fourth-order valence-corrected chi connectivity index (χ4v) is 5.82. The van der Waals surface area contributed by atoms with E-state index >= 15 is 0 Å². The van der Waals surface area contributed by atoms with Gasteiger partial charge in [-0.25, -0.2) is 9.59 Å². The highest BCUT2D eigenvalue weighted by molar-refractivity contribution is 5.89. The summed E-state index contributed by atoms with van der Waals surface area (Å²) in [7, 11) is 1.57. The number of hydrogen-bond acceptors (Lipinski definition) is 4. The number of benzene rings is 4. The van der Waals surface area contributed by atoms with Crippen LogP contribution in [0.5, 0.6) is 5.75 Å². The Hall–Kier alpha value is -4.79. The maximum Gasteiger partial charge on any atom is 0.416 e. The Balaban J connectivity index is 1.54. The monoisotopic (exact) mass is 603 g/mol. The van der Waals surface area contributed by atoms with Crippen molar-refractivity contribution in [2.75, 3.05) is 7.11 Å². The highest BCUT2D eigenvalue weighted by Crippen LogP contribution is 2.43. The Bertz CT molecular complexity index is 1760. The van der Waals surface area contributed by atoms with Gasteiger partial charge in [0.05, 0.1) is 24.3 Å². The highest BCUT2D eigenvalue weighted by atomic mass is 19.4. The molecule has 0 spiro atoms. The van der Waals surface area contributed by atoms with E-state index < -0.39 is 35.9 Å². The number of methoxy groups -OCH3 is 1. The first-order valence-corrected chi connectivity index (χ1v) is 14.0. The molecule has 1 N–H and O–H groups in total. The van der Waals surface area contributed by atoms with Gasteiger partial charge in [-0.05, 0) is 91.9 Å². The lowest BCUT2D eigenvalue weighted by Crippen LogP contribution is -2.31. The molecule has 9 heteroatoms. The SMILES string of the molecule is COc1ccc(-c2ccc(C(=O)O)cc2C)cc1-c1ccc(C)cc1C1OC(=O)N(Cc2cc(C)cc(C(F)(F)F)c2)[C@@H]1C. The average Bonchev–Trinajstić information content (AvgIpc) is 3.24. The maximum absolute atomic E-state index is 13.5. The number of alkyl halides is 3. The second-order valence-electron chi connectivity index (χ2n) is 11.2. The van der Waals surface area contributed by atoms with Crippen LogP contribution in [0.4, 0.5) is 18.0 Å². The van der Waals surface area contributed by atoms with Gasteiger partial charge in [-0.3, -0.25) is 4.90 Å². The van der Waals surface area contributed by atoms with Crippen molar-refractivity contribution in [2.45, 2.75) is 52.6 Å². The number of aryl methyl sites for hydroxylation is 3. The average molecular weight is 604 g/mol. The van der Waals surface area contributed by atoms with Crippen molar-refractivity contribution in [1.29, 1.82) is 0 Å². The highest BCUT2D eigenvalue weighted by Gasteiger charge is 2.41. The third kappa shape index (κ3) is 6.00. The summed E-state index contributed by atoms with van der Waals surface area (Å²) < 4.78 is 52.0. The lowest BCUT2D eigenvalue weighted by atomic mass is 9.89. The van der Waals surface area contributed by atoms with Crippen molar-refractivity contribution in [1.82, 2.24) is 4.90 Å². The number of nitrogens with zero attached hydrogens (tertiary/aromatic N) is 1. The molecule has 1 fully saturated rings. The number of amides is 1. The molecule has 1 amide bonds. The number of carbonyl (C=O) groups is 2. The van der Waals surface area contributed by atoms with E-state index in [1.165, 1.54) is 4.90 Å². The van der Waals surface area contributed by atoms with Crippen LogP contribution < -0.4 is 4.74 Å².